The molecule has 0 amide bonds. The monoisotopic (exact) mass is 345 g/mol. The maximum absolute atomic E-state index is 5.44. The molecule has 0 spiro atoms. The number of fused-ring (bicyclic) bond motifs is 1. The molecule has 4 rings (SSSR count). The summed E-state index contributed by atoms with van der Waals surface area (Å²) in [7, 11) is 0. The van der Waals surface area contributed by atoms with Crippen LogP contribution in [0.3, 0.4) is 0 Å². The third-order valence-corrected chi connectivity index (χ3v) is 5.44. The maximum atomic E-state index is 5.44. The predicted octanol–water partition coefficient (Wildman–Crippen LogP) is 3.11. The number of rotatable bonds is 7. The average Bonchev–Trinajstić information content (AvgIpc) is 3.35. The molecule has 1 aromatic carbocycles. The van der Waals surface area contributed by atoms with Crippen LogP contribution in [-0.2, 0) is 6.54 Å². The second-order valence-electron chi connectivity index (χ2n) is 6.29. The number of hydrogen-bond donors (Lipinski definition) is 1. The zero-order chi connectivity index (χ0) is 16.2. The Balaban J connectivity index is 1.25. The predicted molar refractivity (Wildman–Crippen MR) is 95.7 cm³/mol. The molecule has 0 bridgehead atoms. The van der Waals surface area contributed by atoms with Gasteiger partial charge in [0, 0.05) is 17.5 Å². The molecule has 2 aliphatic heterocycles. The summed E-state index contributed by atoms with van der Waals surface area (Å²) >= 11 is 1.68. The smallest absolute Gasteiger partial charge is 0.231 e. The van der Waals surface area contributed by atoms with Crippen LogP contribution in [0.1, 0.15) is 25.0 Å². The Morgan fingerprint density at radius 1 is 1.17 bits per heavy atom. The first-order valence-electron chi connectivity index (χ1n) is 8.66. The van der Waals surface area contributed by atoms with E-state index in [0.717, 1.165) is 40.9 Å². The van der Waals surface area contributed by atoms with Crippen LogP contribution in [0.5, 0.6) is 11.5 Å². The summed E-state index contributed by atoms with van der Waals surface area (Å²) in [5.74, 6) is 1.62. The van der Waals surface area contributed by atoms with E-state index in [1.54, 1.807) is 11.3 Å². The second kappa shape index (κ2) is 7.51. The summed E-state index contributed by atoms with van der Waals surface area (Å²) < 4.78 is 10.8. The van der Waals surface area contributed by atoms with E-state index in [0.29, 0.717) is 6.79 Å². The third kappa shape index (κ3) is 3.71. The van der Waals surface area contributed by atoms with Crippen LogP contribution >= 0.6 is 11.3 Å². The Labute approximate surface area is 146 Å². The summed E-state index contributed by atoms with van der Waals surface area (Å²) in [5, 5.41) is 6.67. The SMILES string of the molecule is c1cc2c(cc1-c1nc(CNCCCN3CCCC3)cs1)OCO2. The van der Waals surface area contributed by atoms with Gasteiger partial charge in [0.15, 0.2) is 11.5 Å². The summed E-state index contributed by atoms with van der Waals surface area (Å²) in [4.78, 5) is 7.29. The number of aromatic nitrogens is 1. The fraction of sp³-hybridized carbons (Fsp3) is 0.500. The lowest BCUT2D eigenvalue weighted by atomic mass is 10.2. The van der Waals surface area contributed by atoms with Crippen molar-refractivity contribution in [3.8, 4) is 22.1 Å². The van der Waals surface area contributed by atoms with Crippen molar-refractivity contribution in [3.05, 3.63) is 29.3 Å². The zero-order valence-corrected chi connectivity index (χ0v) is 14.6. The van der Waals surface area contributed by atoms with E-state index in [1.165, 1.54) is 38.9 Å². The van der Waals surface area contributed by atoms with Crippen LogP contribution in [0, 0.1) is 0 Å². The molecule has 1 aromatic heterocycles. The van der Waals surface area contributed by atoms with Crippen LogP contribution < -0.4 is 14.8 Å². The topological polar surface area (TPSA) is 46.6 Å². The molecule has 0 aliphatic carbocycles. The molecular formula is C18H23N3O2S. The largest absolute Gasteiger partial charge is 0.454 e. The van der Waals surface area contributed by atoms with Crippen molar-refractivity contribution in [1.82, 2.24) is 15.2 Å². The second-order valence-corrected chi connectivity index (χ2v) is 7.15. The maximum Gasteiger partial charge on any atom is 0.231 e. The highest BCUT2D eigenvalue weighted by Crippen LogP contribution is 2.36. The molecule has 2 aromatic rings. The highest BCUT2D eigenvalue weighted by atomic mass is 32.1. The number of nitrogens with zero attached hydrogens (tertiary/aromatic N) is 2. The van der Waals surface area contributed by atoms with Crippen LogP contribution in [0.4, 0.5) is 0 Å². The highest BCUT2D eigenvalue weighted by molar-refractivity contribution is 7.13. The number of thiazole rings is 1. The van der Waals surface area contributed by atoms with Crippen LogP contribution in [0.15, 0.2) is 23.6 Å². The highest BCUT2D eigenvalue weighted by Gasteiger charge is 2.15. The quantitative estimate of drug-likeness (QED) is 0.781. The summed E-state index contributed by atoms with van der Waals surface area (Å²) in [5.41, 5.74) is 2.19. The van der Waals surface area contributed by atoms with Gasteiger partial charge in [-0.25, -0.2) is 4.98 Å². The van der Waals surface area contributed by atoms with Gasteiger partial charge in [-0.2, -0.15) is 0 Å². The minimum Gasteiger partial charge on any atom is -0.454 e. The van der Waals surface area contributed by atoms with Gasteiger partial charge in [0.2, 0.25) is 6.79 Å². The first kappa shape index (κ1) is 15.9. The van der Waals surface area contributed by atoms with Crippen molar-refractivity contribution in [3.63, 3.8) is 0 Å². The fourth-order valence-electron chi connectivity index (χ4n) is 3.20. The van der Waals surface area contributed by atoms with Gasteiger partial charge in [0.05, 0.1) is 5.69 Å². The van der Waals surface area contributed by atoms with Crippen molar-refractivity contribution in [2.75, 3.05) is 33.0 Å². The molecule has 0 atom stereocenters. The van der Waals surface area contributed by atoms with E-state index in [2.05, 4.69) is 15.6 Å². The molecule has 0 unspecified atom stereocenters. The van der Waals surface area contributed by atoms with Crippen molar-refractivity contribution in [2.24, 2.45) is 0 Å². The summed E-state index contributed by atoms with van der Waals surface area (Å²) in [6.45, 7) is 5.97. The van der Waals surface area contributed by atoms with Gasteiger partial charge in [0.25, 0.3) is 0 Å². The molecule has 1 fully saturated rings. The van der Waals surface area contributed by atoms with Crippen molar-refractivity contribution >= 4 is 11.3 Å². The Morgan fingerprint density at radius 3 is 2.96 bits per heavy atom. The number of nitrogens with one attached hydrogen (secondary N) is 1. The molecule has 0 saturated carbocycles. The first-order valence-corrected chi connectivity index (χ1v) is 9.54. The van der Waals surface area contributed by atoms with Gasteiger partial charge in [-0.1, -0.05) is 0 Å². The van der Waals surface area contributed by atoms with Crippen LogP contribution in [0.2, 0.25) is 0 Å². The van der Waals surface area contributed by atoms with E-state index >= 15 is 0 Å². The third-order valence-electron chi connectivity index (χ3n) is 4.50. The van der Waals surface area contributed by atoms with E-state index in [-0.39, 0.29) is 0 Å². The van der Waals surface area contributed by atoms with E-state index in [4.69, 9.17) is 14.5 Å². The molecule has 6 heteroatoms. The number of benzene rings is 1. The lowest BCUT2D eigenvalue weighted by molar-refractivity contribution is 0.174. The lowest BCUT2D eigenvalue weighted by Gasteiger charge is -2.13. The number of likely N-dealkylation sites (tertiary alicyclic amines) is 1. The molecule has 5 nitrogen and oxygen atoms in total. The fourth-order valence-corrected chi connectivity index (χ4v) is 4.02. The van der Waals surface area contributed by atoms with E-state index in [9.17, 15) is 0 Å². The standard InChI is InChI=1S/C18H23N3O2S/c1-2-8-21(7-1)9-3-6-19-11-15-12-24-18(20-15)14-4-5-16-17(10-14)23-13-22-16/h4-5,10,12,19H,1-3,6-9,11,13H2. The summed E-state index contributed by atoms with van der Waals surface area (Å²) in [6.07, 6.45) is 3.95. The molecule has 1 N–H and O–H groups in total. The average molecular weight is 345 g/mol. The molecule has 2 aliphatic rings. The normalized spacial score (nSPS) is 16.8. The summed E-state index contributed by atoms with van der Waals surface area (Å²) in [6, 6.07) is 6.00. The van der Waals surface area contributed by atoms with Gasteiger partial charge in [0.1, 0.15) is 5.01 Å². The molecule has 3 heterocycles. The first-order chi connectivity index (χ1) is 11.9. The molecule has 24 heavy (non-hydrogen) atoms. The van der Waals surface area contributed by atoms with Gasteiger partial charge < -0.3 is 19.7 Å². The van der Waals surface area contributed by atoms with Crippen molar-refractivity contribution < 1.29 is 9.47 Å². The van der Waals surface area contributed by atoms with Gasteiger partial charge >= 0.3 is 0 Å². The molecular weight excluding hydrogens is 322 g/mol. The van der Waals surface area contributed by atoms with Crippen molar-refractivity contribution in [2.45, 2.75) is 25.8 Å². The zero-order valence-electron chi connectivity index (χ0n) is 13.8. The van der Waals surface area contributed by atoms with Gasteiger partial charge in [-0.15, -0.1) is 11.3 Å². The van der Waals surface area contributed by atoms with E-state index < -0.39 is 0 Å². The molecule has 1 saturated heterocycles. The molecule has 128 valence electrons. The molecule has 0 radical (unpaired) electrons. The minimum absolute atomic E-state index is 0.309. The number of hydrogen-bond acceptors (Lipinski definition) is 6. The van der Waals surface area contributed by atoms with Crippen molar-refractivity contribution in [1.29, 1.82) is 0 Å². The van der Waals surface area contributed by atoms with Gasteiger partial charge in [-0.3, -0.25) is 0 Å². The Hall–Kier alpha value is -1.63. The Morgan fingerprint density at radius 2 is 2.04 bits per heavy atom. The van der Waals surface area contributed by atoms with E-state index in [1.807, 2.05) is 18.2 Å². The minimum atomic E-state index is 0.309. The number of ether oxygens (including phenoxy) is 2. The Kier molecular flexibility index (Phi) is 4.96. The lowest BCUT2D eigenvalue weighted by Crippen LogP contribution is -2.24. The van der Waals surface area contributed by atoms with Gasteiger partial charge in [-0.05, 0) is 63.6 Å². The van der Waals surface area contributed by atoms with Crippen LogP contribution in [0.25, 0.3) is 10.6 Å². The Bertz CT molecular complexity index is 683. The van der Waals surface area contributed by atoms with Crippen LogP contribution in [-0.4, -0.2) is 42.9 Å².